The van der Waals surface area contributed by atoms with Crippen LogP contribution in [0.15, 0.2) is 12.4 Å². The highest BCUT2D eigenvalue weighted by Gasteiger charge is 2.29. The van der Waals surface area contributed by atoms with Gasteiger partial charge in [0.15, 0.2) is 5.82 Å². The summed E-state index contributed by atoms with van der Waals surface area (Å²) in [7, 11) is 2.16. The Morgan fingerprint density at radius 2 is 1.96 bits per heavy atom. The van der Waals surface area contributed by atoms with Crippen molar-refractivity contribution < 1.29 is 0 Å². The highest BCUT2D eigenvalue weighted by Crippen LogP contribution is 2.28. The number of likely N-dealkylation sites (N-methyl/N-ethyl adjacent to an activating group) is 1. The van der Waals surface area contributed by atoms with Gasteiger partial charge in [-0.1, -0.05) is 0 Å². The minimum absolute atomic E-state index is 0.620. The van der Waals surface area contributed by atoms with Crippen LogP contribution in [0.2, 0.25) is 0 Å². The maximum absolute atomic E-state index is 4.50. The Balaban J connectivity index is 1.18. The number of nitrogens with zero attached hydrogens (tertiary/aromatic N) is 6. The van der Waals surface area contributed by atoms with Crippen molar-refractivity contribution in [1.82, 2.24) is 25.1 Å². The molecule has 2 aromatic rings. The molecule has 1 saturated heterocycles. The molecule has 0 saturated carbocycles. The molecule has 1 fully saturated rings. The van der Waals surface area contributed by atoms with Crippen molar-refractivity contribution in [1.29, 1.82) is 0 Å². The lowest BCUT2D eigenvalue weighted by molar-refractivity contribution is 0.309. The normalized spacial score (nSPS) is 20.0. The SMILES string of the molecule is CN1CCc2ncnc(NCC3CN(c4cc5c(nn4)CCCC5)C3)c2C1. The molecule has 1 aliphatic carbocycles. The van der Waals surface area contributed by atoms with Crippen LogP contribution in [-0.4, -0.2) is 58.3 Å². The largest absolute Gasteiger partial charge is 0.369 e. The van der Waals surface area contributed by atoms with E-state index in [0.29, 0.717) is 5.92 Å². The number of hydrogen-bond donors (Lipinski definition) is 1. The highest BCUT2D eigenvalue weighted by molar-refractivity contribution is 5.48. The summed E-state index contributed by atoms with van der Waals surface area (Å²) in [5.74, 6) is 2.68. The second-order valence-corrected chi connectivity index (χ2v) is 8.17. The first-order valence-electron chi connectivity index (χ1n) is 10.1. The molecule has 0 amide bonds. The zero-order valence-corrected chi connectivity index (χ0v) is 16.0. The van der Waals surface area contributed by atoms with E-state index in [1.165, 1.54) is 35.4 Å². The molecular weight excluding hydrogens is 338 g/mol. The number of aryl methyl sites for hydroxylation is 2. The number of hydrogen-bond acceptors (Lipinski definition) is 7. The van der Waals surface area contributed by atoms with Crippen molar-refractivity contribution in [3.63, 3.8) is 0 Å². The molecule has 2 aromatic heterocycles. The van der Waals surface area contributed by atoms with Gasteiger partial charge in [-0.05, 0) is 44.4 Å². The van der Waals surface area contributed by atoms with Gasteiger partial charge in [0.25, 0.3) is 0 Å². The molecule has 7 heteroatoms. The summed E-state index contributed by atoms with van der Waals surface area (Å²) in [5.41, 5.74) is 5.08. The topological polar surface area (TPSA) is 70.1 Å². The van der Waals surface area contributed by atoms with Crippen molar-refractivity contribution in [3.05, 3.63) is 34.9 Å². The van der Waals surface area contributed by atoms with Crippen molar-refractivity contribution in [2.45, 2.75) is 38.6 Å². The van der Waals surface area contributed by atoms with Gasteiger partial charge < -0.3 is 15.1 Å². The minimum atomic E-state index is 0.620. The first-order chi connectivity index (χ1) is 13.3. The Kier molecular flexibility index (Phi) is 4.39. The van der Waals surface area contributed by atoms with E-state index < -0.39 is 0 Å². The van der Waals surface area contributed by atoms with E-state index in [9.17, 15) is 0 Å². The fraction of sp³-hybridized carbons (Fsp3) is 0.600. The molecule has 0 bridgehead atoms. The smallest absolute Gasteiger partial charge is 0.151 e. The first-order valence-corrected chi connectivity index (χ1v) is 10.1. The van der Waals surface area contributed by atoms with E-state index in [1.807, 2.05) is 0 Å². The zero-order chi connectivity index (χ0) is 18.2. The summed E-state index contributed by atoms with van der Waals surface area (Å²) in [6, 6.07) is 2.27. The van der Waals surface area contributed by atoms with Crippen molar-refractivity contribution in [3.8, 4) is 0 Å². The number of rotatable bonds is 4. The summed E-state index contributed by atoms with van der Waals surface area (Å²) in [4.78, 5) is 13.6. The third-order valence-corrected chi connectivity index (χ3v) is 6.09. The van der Waals surface area contributed by atoms with Crippen LogP contribution < -0.4 is 10.2 Å². The van der Waals surface area contributed by atoms with Gasteiger partial charge in [-0.2, -0.15) is 5.10 Å². The average molecular weight is 365 g/mol. The van der Waals surface area contributed by atoms with Gasteiger partial charge >= 0.3 is 0 Å². The maximum atomic E-state index is 4.50. The van der Waals surface area contributed by atoms with Crippen LogP contribution >= 0.6 is 0 Å². The number of fused-ring (bicyclic) bond motifs is 2. The standard InChI is InChI=1S/C20H27N7/c1-26-7-6-18-16(12-26)20(23-13-22-18)21-9-14-10-27(11-14)19-8-15-4-2-3-5-17(15)24-25-19/h8,13-14H,2-7,9-12H2,1H3,(H,21,22,23). The van der Waals surface area contributed by atoms with Crippen LogP contribution in [0.4, 0.5) is 11.6 Å². The van der Waals surface area contributed by atoms with Crippen LogP contribution in [-0.2, 0) is 25.8 Å². The molecule has 5 rings (SSSR count). The van der Waals surface area contributed by atoms with Gasteiger partial charge in [0.1, 0.15) is 12.1 Å². The number of nitrogens with one attached hydrogen (secondary N) is 1. The van der Waals surface area contributed by atoms with Gasteiger partial charge in [0.05, 0.1) is 11.4 Å². The molecule has 0 radical (unpaired) electrons. The summed E-state index contributed by atoms with van der Waals surface area (Å²) in [6.07, 6.45) is 7.49. The van der Waals surface area contributed by atoms with Crippen LogP contribution in [0, 0.1) is 5.92 Å². The quantitative estimate of drug-likeness (QED) is 0.884. The van der Waals surface area contributed by atoms with E-state index in [4.69, 9.17) is 0 Å². The molecule has 142 valence electrons. The molecule has 1 N–H and O–H groups in total. The summed E-state index contributed by atoms with van der Waals surface area (Å²) >= 11 is 0. The van der Waals surface area contributed by atoms with E-state index in [-0.39, 0.29) is 0 Å². The molecular formula is C20H27N7. The predicted octanol–water partition coefficient (Wildman–Crippen LogP) is 1.68. The van der Waals surface area contributed by atoms with Gasteiger partial charge in [0, 0.05) is 50.6 Å². The Morgan fingerprint density at radius 3 is 2.89 bits per heavy atom. The summed E-state index contributed by atoms with van der Waals surface area (Å²) in [6.45, 7) is 5.02. The van der Waals surface area contributed by atoms with Crippen molar-refractivity contribution in [2.24, 2.45) is 5.92 Å². The Bertz CT molecular complexity index is 831. The Morgan fingerprint density at radius 1 is 1.07 bits per heavy atom. The lowest BCUT2D eigenvalue weighted by Gasteiger charge is -2.40. The van der Waals surface area contributed by atoms with E-state index in [1.54, 1.807) is 6.33 Å². The van der Waals surface area contributed by atoms with E-state index in [2.05, 4.69) is 48.4 Å². The zero-order valence-electron chi connectivity index (χ0n) is 16.0. The molecule has 27 heavy (non-hydrogen) atoms. The highest BCUT2D eigenvalue weighted by atomic mass is 15.3. The van der Waals surface area contributed by atoms with Gasteiger partial charge in [0.2, 0.25) is 0 Å². The second kappa shape index (κ2) is 7.03. The third kappa shape index (κ3) is 3.36. The van der Waals surface area contributed by atoms with Crippen molar-refractivity contribution >= 4 is 11.6 Å². The summed E-state index contributed by atoms with van der Waals surface area (Å²) < 4.78 is 0. The second-order valence-electron chi connectivity index (χ2n) is 8.17. The fourth-order valence-corrected chi connectivity index (χ4v) is 4.39. The third-order valence-electron chi connectivity index (χ3n) is 6.09. The molecule has 3 aliphatic rings. The van der Waals surface area contributed by atoms with Crippen LogP contribution in [0.5, 0.6) is 0 Å². The van der Waals surface area contributed by atoms with Crippen molar-refractivity contribution in [2.75, 3.05) is 43.4 Å². The lowest BCUT2D eigenvalue weighted by atomic mass is 9.95. The van der Waals surface area contributed by atoms with Gasteiger partial charge in [-0.3, -0.25) is 0 Å². The fourth-order valence-electron chi connectivity index (χ4n) is 4.39. The molecule has 0 spiro atoms. The van der Waals surface area contributed by atoms with E-state index >= 15 is 0 Å². The van der Waals surface area contributed by atoms with Gasteiger partial charge in [-0.25, -0.2) is 9.97 Å². The molecule has 2 aliphatic heterocycles. The number of anilines is 2. The van der Waals surface area contributed by atoms with E-state index in [0.717, 1.165) is 63.6 Å². The Hall–Kier alpha value is -2.28. The maximum Gasteiger partial charge on any atom is 0.151 e. The Labute approximate surface area is 160 Å². The minimum Gasteiger partial charge on any atom is -0.369 e. The van der Waals surface area contributed by atoms with Gasteiger partial charge in [-0.15, -0.1) is 5.10 Å². The summed E-state index contributed by atoms with van der Waals surface area (Å²) in [5, 5.41) is 12.5. The molecule has 0 aromatic carbocycles. The molecule has 4 heterocycles. The van der Waals surface area contributed by atoms with Crippen LogP contribution in [0.3, 0.4) is 0 Å². The molecule has 0 unspecified atom stereocenters. The predicted molar refractivity (Wildman–Crippen MR) is 105 cm³/mol. The molecule has 0 atom stereocenters. The average Bonchev–Trinajstić information content (AvgIpc) is 2.67. The van der Waals surface area contributed by atoms with Crippen LogP contribution in [0.25, 0.3) is 0 Å². The van der Waals surface area contributed by atoms with Crippen LogP contribution in [0.1, 0.15) is 35.4 Å². The monoisotopic (exact) mass is 365 g/mol. The molecule has 7 nitrogen and oxygen atoms in total. The number of aromatic nitrogens is 4. The first kappa shape index (κ1) is 16.9. The lowest BCUT2D eigenvalue weighted by Crippen LogP contribution is -2.50.